The van der Waals surface area contributed by atoms with Gasteiger partial charge in [0.25, 0.3) is 33.4 Å². The molecule has 0 atom stereocenters. The topological polar surface area (TPSA) is 178 Å². The molecule has 6 heterocycles. The van der Waals surface area contributed by atoms with E-state index in [-0.39, 0.29) is 32.2 Å². The van der Waals surface area contributed by atoms with Crippen molar-refractivity contribution in [2.45, 2.75) is 0 Å². The molecule has 0 bridgehead atoms. The average Bonchev–Trinajstić information content (AvgIpc) is 4.09. The fourth-order valence-electron chi connectivity index (χ4n) is 5.25. The number of carbonyl (C=O) groups is 6. The normalized spacial score (nSPS) is 16.8. The Kier molecular flexibility index (Phi) is 12.5. The van der Waals surface area contributed by atoms with Crippen LogP contribution in [0.1, 0.15) is 17.3 Å². The Morgan fingerprint density at radius 3 is 0.833 bits per heavy atom. The van der Waals surface area contributed by atoms with Gasteiger partial charge in [0.2, 0.25) is 0 Å². The van der Waals surface area contributed by atoms with Crippen LogP contribution in [0.15, 0.2) is 137 Å². The number of hydrogen-bond acceptors (Lipinski definition) is 12. The molecule has 3 aliphatic rings. The summed E-state index contributed by atoms with van der Waals surface area (Å²) in [7, 11) is 0. The number of amides is 6. The molecule has 12 nitrogen and oxygen atoms in total. The van der Waals surface area contributed by atoms with Crippen LogP contribution in [0.4, 0.5) is 27.6 Å². The molecule has 6 aromatic rings. The van der Waals surface area contributed by atoms with Crippen LogP contribution >= 0.6 is 35.3 Å². The first kappa shape index (κ1) is 41.2. The molecule has 60 heavy (non-hydrogen) atoms. The van der Waals surface area contributed by atoms with Crippen LogP contribution in [0.3, 0.4) is 0 Å². The van der Waals surface area contributed by atoms with Crippen LogP contribution in [0, 0.1) is 17.5 Å². The number of furan rings is 3. The van der Waals surface area contributed by atoms with Crippen LogP contribution in [0.5, 0.6) is 0 Å². The lowest BCUT2D eigenvalue weighted by atomic mass is 10.2. The fraction of sp³-hybridized carbons (Fsp3) is 0. The van der Waals surface area contributed by atoms with Crippen LogP contribution in [-0.4, -0.2) is 33.4 Å². The number of benzene rings is 3. The summed E-state index contributed by atoms with van der Waals surface area (Å²) in [4.78, 5) is 68.2. The van der Waals surface area contributed by atoms with Gasteiger partial charge in [-0.25, -0.2) is 13.2 Å². The van der Waals surface area contributed by atoms with Gasteiger partial charge >= 0.3 is 0 Å². The Labute approximate surface area is 349 Å². The molecular weight excluding hydrogens is 844 g/mol. The van der Waals surface area contributed by atoms with Gasteiger partial charge in [0, 0.05) is 34.9 Å². The van der Waals surface area contributed by atoms with E-state index in [0.29, 0.717) is 34.6 Å². The molecule has 3 fully saturated rings. The number of imide groups is 3. The van der Waals surface area contributed by atoms with E-state index in [0.717, 1.165) is 52.0 Å². The van der Waals surface area contributed by atoms with E-state index in [9.17, 15) is 41.9 Å². The van der Waals surface area contributed by atoms with E-state index >= 15 is 0 Å². The summed E-state index contributed by atoms with van der Waals surface area (Å²) in [5, 5.41) is 5.31. The maximum atomic E-state index is 12.8. The molecule has 3 saturated heterocycles. The highest BCUT2D eigenvalue weighted by molar-refractivity contribution is 8.19. The zero-order valence-corrected chi connectivity index (χ0v) is 32.6. The number of thioether (sulfide) groups is 3. The van der Waals surface area contributed by atoms with Crippen molar-refractivity contribution in [1.82, 2.24) is 16.0 Å². The number of hydrogen-bond donors (Lipinski definition) is 3. The fourth-order valence-corrected chi connectivity index (χ4v) is 7.24. The Balaban J connectivity index is 0.000000136. The van der Waals surface area contributed by atoms with Gasteiger partial charge in [-0.05, 0) is 144 Å². The smallest absolute Gasteiger partial charge is 0.290 e. The Hall–Kier alpha value is -7.02. The van der Waals surface area contributed by atoms with E-state index in [1.54, 1.807) is 72.8 Å². The highest BCUT2D eigenvalue weighted by Gasteiger charge is 2.27. The molecule has 9 rings (SSSR count). The second-order valence-corrected chi connectivity index (χ2v) is 15.2. The van der Waals surface area contributed by atoms with Gasteiger partial charge in [-0.3, -0.25) is 44.7 Å². The molecule has 3 aromatic heterocycles. The minimum atomic E-state index is -0.431. The summed E-state index contributed by atoms with van der Waals surface area (Å²) in [6, 6.07) is 27.9. The van der Waals surface area contributed by atoms with Gasteiger partial charge in [-0.15, -0.1) is 0 Å². The van der Waals surface area contributed by atoms with Gasteiger partial charge < -0.3 is 13.3 Å². The lowest BCUT2D eigenvalue weighted by Crippen LogP contribution is -2.17. The van der Waals surface area contributed by atoms with Gasteiger partial charge in [0.1, 0.15) is 52.0 Å². The van der Waals surface area contributed by atoms with E-state index in [2.05, 4.69) is 16.0 Å². The molecule has 0 spiro atoms. The molecular formula is C42H24F3N3O9S3. The molecule has 3 N–H and O–H groups in total. The Morgan fingerprint density at radius 2 is 0.617 bits per heavy atom. The van der Waals surface area contributed by atoms with Crippen molar-refractivity contribution < 1.29 is 55.2 Å². The average molecular weight is 868 g/mol. The first-order chi connectivity index (χ1) is 28.8. The van der Waals surface area contributed by atoms with Crippen molar-refractivity contribution in [2.24, 2.45) is 0 Å². The third-order valence-electron chi connectivity index (χ3n) is 8.01. The summed E-state index contributed by atoms with van der Waals surface area (Å²) in [5.41, 5.74) is 2.20. The number of nitrogens with one attached hydrogen (secondary N) is 3. The largest absolute Gasteiger partial charge is 0.457 e. The second-order valence-electron chi connectivity index (χ2n) is 12.2. The van der Waals surface area contributed by atoms with Crippen molar-refractivity contribution >= 4 is 87.0 Å². The Bertz CT molecular complexity index is 2450. The molecule has 0 unspecified atom stereocenters. The summed E-state index contributed by atoms with van der Waals surface area (Å²) >= 11 is 2.48. The highest BCUT2D eigenvalue weighted by Crippen LogP contribution is 2.31. The standard InChI is InChI=1S/3C14H8FNO3S/c3*15-9-3-1-8(2-4-9)11-6-5-10(19-11)7-12-13(17)16-14(18)20-12/h3*1-7H,(H,16,17,18)/b3*12-7+. The number of rotatable bonds is 6. The second kappa shape index (κ2) is 18.3. The minimum Gasteiger partial charge on any atom is -0.457 e. The quantitative estimate of drug-likeness (QED) is 0.135. The molecule has 3 aromatic carbocycles. The van der Waals surface area contributed by atoms with Crippen molar-refractivity contribution in [3.8, 4) is 34.0 Å². The minimum absolute atomic E-state index is 0.287. The van der Waals surface area contributed by atoms with Gasteiger partial charge in [-0.1, -0.05) is 0 Å². The van der Waals surface area contributed by atoms with Crippen LogP contribution in [0.2, 0.25) is 0 Å². The predicted octanol–water partition coefficient (Wildman–Crippen LogP) is 10.2. The molecule has 18 heteroatoms. The number of halogens is 3. The van der Waals surface area contributed by atoms with Crippen LogP contribution in [-0.2, 0) is 14.4 Å². The molecule has 6 amide bonds. The van der Waals surface area contributed by atoms with Crippen molar-refractivity contribution in [3.63, 3.8) is 0 Å². The van der Waals surface area contributed by atoms with Crippen molar-refractivity contribution in [3.05, 3.63) is 159 Å². The Morgan fingerprint density at radius 1 is 0.367 bits per heavy atom. The number of carbonyl (C=O) groups excluding carboxylic acids is 6. The monoisotopic (exact) mass is 867 g/mol. The third-order valence-corrected chi connectivity index (χ3v) is 10.4. The van der Waals surface area contributed by atoms with Crippen LogP contribution < -0.4 is 16.0 Å². The highest BCUT2D eigenvalue weighted by atomic mass is 32.2. The molecule has 3 aliphatic heterocycles. The lowest BCUT2D eigenvalue weighted by molar-refractivity contribution is -0.116. The molecule has 0 aliphatic carbocycles. The SMILES string of the molecule is O=C1NC(=O)/C(=C\c2ccc(-c3ccc(F)cc3)o2)S1.O=C1NC(=O)/C(=C\c2ccc(-c3ccc(F)cc3)o2)S1.O=C1NC(=O)/C(=C\c2ccc(-c3ccc(F)cc3)o2)S1. The van der Waals surface area contributed by atoms with E-state index in [1.165, 1.54) is 54.6 Å². The predicted molar refractivity (Wildman–Crippen MR) is 220 cm³/mol. The lowest BCUT2D eigenvalue weighted by Gasteiger charge is -1.96. The molecule has 0 radical (unpaired) electrons. The van der Waals surface area contributed by atoms with Crippen molar-refractivity contribution in [1.29, 1.82) is 0 Å². The molecule has 0 saturated carbocycles. The molecule has 300 valence electrons. The third kappa shape index (κ3) is 10.5. The van der Waals surface area contributed by atoms with Crippen LogP contribution in [0.25, 0.3) is 52.2 Å². The maximum absolute atomic E-state index is 12.8. The van der Waals surface area contributed by atoms with Gasteiger partial charge in [0.15, 0.2) is 0 Å². The summed E-state index contributed by atoms with van der Waals surface area (Å²) in [6.07, 6.45) is 4.49. The summed E-state index contributed by atoms with van der Waals surface area (Å²) in [5.74, 6) is 0.800. The zero-order chi connectivity index (χ0) is 42.3. The van der Waals surface area contributed by atoms with E-state index < -0.39 is 33.4 Å². The first-order valence-electron chi connectivity index (χ1n) is 17.2. The zero-order valence-electron chi connectivity index (χ0n) is 30.2. The first-order valence-corrected chi connectivity index (χ1v) is 19.6. The van der Waals surface area contributed by atoms with E-state index in [4.69, 9.17) is 13.3 Å². The van der Waals surface area contributed by atoms with Crippen molar-refractivity contribution in [2.75, 3.05) is 0 Å². The summed E-state index contributed by atoms with van der Waals surface area (Å²) < 4.78 is 55.2. The summed E-state index contributed by atoms with van der Waals surface area (Å²) in [6.45, 7) is 0. The van der Waals surface area contributed by atoms with Gasteiger partial charge in [-0.2, -0.15) is 0 Å². The maximum Gasteiger partial charge on any atom is 0.290 e. The van der Waals surface area contributed by atoms with Gasteiger partial charge in [0.05, 0.1) is 14.7 Å². The van der Waals surface area contributed by atoms with E-state index in [1.807, 2.05) is 0 Å².